The van der Waals surface area contributed by atoms with Gasteiger partial charge in [-0.1, -0.05) is 11.8 Å². The molecule has 1 aliphatic heterocycles. The Hall–Kier alpha value is -1.28. The first kappa shape index (κ1) is 13.2. The lowest BCUT2D eigenvalue weighted by atomic mass is 10.4. The zero-order valence-electron chi connectivity index (χ0n) is 10.5. The van der Waals surface area contributed by atoms with Gasteiger partial charge < -0.3 is 19.5 Å². The average molecular weight is 271 g/mol. The lowest BCUT2D eigenvalue weighted by Gasteiger charge is -2.26. The summed E-state index contributed by atoms with van der Waals surface area (Å²) >= 11 is 1.53. The van der Waals surface area contributed by atoms with Crippen LogP contribution < -0.4 is 5.32 Å². The summed E-state index contributed by atoms with van der Waals surface area (Å²) in [5, 5.41) is 11.7. The largest absolute Gasteiger partial charge is 0.378 e. The fraction of sp³-hybridized carbons (Fsp3) is 0.700. The predicted octanol–water partition coefficient (Wildman–Crippen LogP) is 0.0788. The summed E-state index contributed by atoms with van der Waals surface area (Å²) in [4.78, 5) is 13.6. The van der Waals surface area contributed by atoms with Gasteiger partial charge >= 0.3 is 6.03 Å². The van der Waals surface area contributed by atoms with E-state index in [0.717, 1.165) is 11.0 Å². The Kier molecular flexibility index (Phi) is 4.43. The minimum atomic E-state index is -0.0769. The predicted molar refractivity (Wildman–Crippen MR) is 67.4 cm³/mol. The number of carbonyl (C=O) groups excluding carboxylic acids is 1. The molecule has 2 amide bonds. The van der Waals surface area contributed by atoms with E-state index in [4.69, 9.17) is 4.74 Å². The molecule has 18 heavy (non-hydrogen) atoms. The van der Waals surface area contributed by atoms with E-state index in [0.29, 0.717) is 32.8 Å². The third kappa shape index (κ3) is 2.94. The monoisotopic (exact) mass is 271 g/mol. The number of morpholine rings is 1. The van der Waals surface area contributed by atoms with Gasteiger partial charge in [0.1, 0.15) is 0 Å². The summed E-state index contributed by atoms with van der Waals surface area (Å²) in [6.07, 6.45) is 1.94. The Morgan fingerprint density at radius 3 is 2.78 bits per heavy atom. The highest BCUT2D eigenvalue weighted by Gasteiger charge is 2.17. The van der Waals surface area contributed by atoms with E-state index in [1.165, 1.54) is 11.8 Å². The fourth-order valence-corrected chi connectivity index (χ4v) is 2.21. The van der Waals surface area contributed by atoms with E-state index in [1.807, 2.05) is 17.9 Å². The normalized spacial score (nSPS) is 15.8. The molecule has 1 saturated heterocycles. The summed E-state index contributed by atoms with van der Waals surface area (Å²) in [7, 11) is 1.89. The van der Waals surface area contributed by atoms with Gasteiger partial charge in [0.25, 0.3) is 0 Å². The van der Waals surface area contributed by atoms with E-state index < -0.39 is 0 Å². The van der Waals surface area contributed by atoms with Gasteiger partial charge in [-0.05, 0) is 6.26 Å². The van der Waals surface area contributed by atoms with Crippen molar-refractivity contribution >= 4 is 17.8 Å². The van der Waals surface area contributed by atoms with Gasteiger partial charge in [-0.3, -0.25) is 0 Å². The van der Waals surface area contributed by atoms with Gasteiger partial charge in [-0.25, -0.2) is 4.79 Å². The molecule has 0 aromatic carbocycles. The fourth-order valence-electron chi connectivity index (χ4n) is 1.71. The maximum atomic E-state index is 11.9. The van der Waals surface area contributed by atoms with Gasteiger partial charge in [0.05, 0.1) is 19.8 Å². The molecule has 1 N–H and O–H groups in total. The van der Waals surface area contributed by atoms with E-state index in [1.54, 1.807) is 4.90 Å². The van der Waals surface area contributed by atoms with Gasteiger partial charge in [0, 0.05) is 20.1 Å². The molecule has 1 fully saturated rings. The van der Waals surface area contributed by atoms with Gasteiger partial charge in [0.2, 0.25) is 0 Å². The van der Waals surface area contributed by atoms with E-state index in [-0.39, 0.29) is 6.03 Å². The Bertz CT molecular complexity index is 416. The van der Waals surface area contributed by atoms with Crippen LogP contribution in [0.1, 0.15) is 5.82 Å². The number of thioether (sulfide) groups is 1. The van der Waals surface area contributed by atoms with Crippen molar-refractivity contribution in [1.82, 2.24) is 25.0 Å². The molecule has 0 unspecified atom stereocenters. The molecule has 0 aliphatic carbocycles. The van der Waals surface area contributed by atoms with Crippen LogP contribution in [-0.2, 0) is 18.3 Å². The zero-order valence-corrected chi connectivity index (χ0v) is 11.4. The number of hydrogen-bond acceptors (Lipinski definition) is 5. The van der Waals surface area contributed by atoms with Crippen LogP contribution in [-0.4, -0.2) is 58.3 Å². The molecular weight excluding hydrogens is 254 g/mol. The minimum absolute atomic E-state index is 0.0769. The lowest BCUT2D eigenvalue weighted by Crippen LogP contribution is -2.46. The minimum Gasteiger partial charge on any atom is -0.378 e. The quantitative estimate of drug-likeness (QED) is 0.788. The van der Waals surface area contributed by atoms with E-state index in [9.17, 15) is 4.79 Å². The number of aromatic nitrogens is 3. The van der Waals surface area contributed by atoms with Crippen LogP contribution in [0.5, 0.6) is 0 Å². The van der Waals surface area contributed by atoms with Crippen LogP contribution >= 0.6 is 11.8 Å². The Balaban J connectivity index is 1.86. The van der Waals surface area contributed by atoms with Crippen molar-refractivity contribution in [2.24, 2.45) is 7.05 Å². The number of urea groups is 1. The topological polar surface area (TPSA) is 72.3 Å². The van der Waals surface area contributed by atoms with Crippen molar-refractivity contribution in [3.8, 4) is 0 Å². The second-order valence-electron chi connectivity index (χ2n) is 3.92. The maximum absolute atomic E-state index is 11.9. The molecule has 1 aromatic heterocycles. The van der Waals surface area contributed by atoms with Crippen molar-refractivity contribution in [1.29, 1.82) is 0 Å². The van der Waals surface area contributed by atoms with Crippen LogP contribution in [0.4, 0.5) is 4.79 Å². The Labute approximate surface area is 110 Å². The number of hydrogen-bond donors (Lipinski definition) is 1. The highest BCUT2D eigenvalue weighted by molar-refractivity contribution is 7.98. The van der Waals surface area contributed by atoms with Crippen LogP contribution in [0.15, 0.2) is 5.16 Å². The molecule has 2 rings (SSSR count). The molecule has 7 nitrogen and oxygen atoms in total. The first-order chi connectivity index (χ1) is 8.72. The number of ether oxygens (including phenoxy) is 1. The third-order valence-corrected chi connectivity index (χ3v) is 3.52. The first-order valence-corrected chi connectivity index (χ1v) is 6.97. The van der Waals surface area contributed by atoms with Crippen LogP contribution in [0.2, 0.25) is 0 Å². The number of rotatable bonds is 3. The smallest absolute Gasteiger partial charge is 0.317 e. The molecule has 2 heterocycles. The number of nitrogens with one attached hydrogen (secondary N) is 1. The van der Waals surface area contributed by atoms with Gasteiger partial charge in [-0.2, -0.15) is 0 Å². The third-order valence-electron chi connectivity index (χ3n) is 2.80. The lowest BCUT2D eigenvalue weighted by molar-refractivity contribution is 0.0531. The number of nitrogens with zero attached hydrogens (tertiary/aromatic N) is 4. The first-order valence-electron chi connectivity index (χ1n) is 5.75. The maximum Gasteiger partial charge on any atom is 0.317 e. The van der Waals surface area contributed by atoms with Gasteiger partial charge in [0.15, 0.2) is 11.0 Å². The van der Waals surface area contributed by atoms with E-state index >= 15 is 0 Å². The van der Waals surface area contributed by atoms with E-state index in [2.05, 4.69) is 15.5 Å². The average Bonchev–Trinajstić information content (AvgIpc) is 2.77. The highest BCUT2D eigenvalue weighted by Crippen LogP contribution is 2.11. The van der Waals surface area contributed by atoms with Crippen LogP contribution in [0, 0.1) is 0 Å². The standard InChI is InChI=1S/C10H17N5O2S/c1-14-8(12-13-10(14)18-2)7-11-9(16)15-3-5-17-6-4-15/h3-7H2,1-2H3,(H,11,16). The Morgan fingerprint density at radius 2 is 2.17 bits per heavy atom. The van der Waals surface area contributed by atoms with Crippen LogP contribution in [0.25, 0.3) is 0 Å². The zero-order chi connectivity index (χ0) is 13.0. The summed E-state index contributed by atoms with van der Waals surface area (Å²) in [6, 6.07) is -0.0769. The van der Waals surface area contributed by atoms with Crippen molar-refractivity contribution < 1.29 is 9.53 Å². The highest BCUT2D eigenvalue weighted by atomic mass is 32.2. The molecule has 8 heteroatoms. The van der Waals surface area contributed by atoms with Crippen molar-refractivity contribution in [3.63, 3.8) is 0 Å². The SMILES string of the molecule is CSc1nnc(CNC(=O)N2CCOCC2)n1C. The molecule has 1 aromatic rings. The van der Waals surface area contributed by atoms with Crippen molar-refractivity contribution in [2.45, 2.75) is 11.7 Å². The number of carbonyl (C=O) groups is 1. The molecule has 1 aliphatic rings. The Morgan fingerprint density at radius 1 is 1.44 bits per heavy atom. The molecule has 0 radical (unpaired) electrons. The van der Waals surface area contributed by atoms with Gasteiger partial charge in [-0.15, -0.1) is 10.2 Å². The van der Waals surface area contributed by atoms with Crippen molar-refractivity contribution in [2.75, 3.05) is 32.6 Å². The molecule has 100 valence electrons. The summed E-state index contributed by atoms with van der Waals surface area (Å²) in [5.74, 6) is 0.751. The molecular formula is C10H17N5O2S. The second-order valence-corrected chi connectivity index (χ2v) is 4.69. The molecule has 0 spiro atoms. The van der Waals surface area contributed by atoms with Crippen molar-refractivity contribution in [3.05, 3.63) is 5.82 Å². The molecule has 0 bridgehead atoms. The number of amides is 2. The summed E-state index contributed by atoms with van der Waals surface area (Å²) < 4.78 is 7.08. The molecule has 0 atom stereocenters. The molecule has 0 saturated carbocycles. The summed E-state index contributed by atoms with van der Waals surface area (Å²) in [5.41, 5.74) is 0. The summed E-state index contributed by atoms with van der Waals surface area (Å²) in [6.45, 7) is 2.88. The van der Waals surface area contributed by atoms with Crippen LogP contribution in [0.3, 0.4) is 0 Å². The second kappa shape index (κ2) is 6.05.